The average molecular weight is 259 g/mol. The van der Waals surface area contributed by atoms with Crippen molar-refractivity contribution in [3.63, 3.8) is 0 Å². The minimum Gasteiger partial charge on any atom is -0.481 e. The minimum atomic E-state index is -0.699. The lowest BCUT2D eigenvalue weighted by atomic mass is 10.0. The maximum absolute atomic E-state index is 11.2. The van der Waals surface area contributed by atoms with Gasteiger partial charge in [-0.3, -0.25) is 9.69 Å². The van der Waals surface area contributed by atoms with E-state index in [0.29, 0.717) is 6.04 Å². The van der Waals surface area contributed by atoms with Crippen LogP contribution in [0.1, 0.15) is 43.7 Å². The van der Waals surface area contributed by atoms with Crippen LogP contribution in [0.25, 0.3) is 0 Å². The van der Waals surface area contributed by atoms with Gasteiger partial charge in [-0.2, -0.15) is 0 Å². The van der Waals surface area contributed by atoms with Gasteiger partial charge in [0.25, 0.3) is 0 Å². The molecule has 0 bridgehead atoms. The van der Waals surface area contributed by atoms with Crippen molar-refractivity contribution in [1.29, 1.82) is 0 Å². The van der Waals surface area contributed by atoms with Crippen molar-refractivity contribution in [2.75, 3.05) is 6.54 Å². The van der Waals surface area contributed by atoms with Crippen molar-refractivity contribution in [2.24, 2.45) is 5.92 Å². The molecule has 0 aliphatic heterocycles. The number of hydrogen-bond acceptors (Lipinski definition) is 2. The lowest BCUT2D eigenvalue weighted by molar-refractivity contribution is -0.138. The Kier molecular flexibility index (Phi) is 3.56. The van der Waals surface area contributed by atoms with E-state index in [1.165, 1.54) is 25.7 Å². The Bertz CT molecular complexity index is 437. The molecule has 19 heavy (non-hydrogen) atoms. The molecule has 1 atom stereocenters. The predicted octanol–water partition coefficient (Wildman–Crippen LogP) is 3.08. The average Bonchev–Trinajstić information content (AvgIpc) is 3.27. The Morgan fingerprint density at radius 1 is 1.21 bits per heavy atom. The molecule has 0 radical (unpaired) electrons. The minimum absolute atomic E-state index is 0.0480. The van der Waals surface area contributed by atoms with E-state index in [1.54, 1.807) is 0 Å². The number of carboxylic acid groups (broad SMARTS) is 1. The van der Waals surface area contributed by atoms with Gasteiger partial charge in [-0.25, -0.2) is 0 Å². The molecule has 0 aromatic heterocycles. The highest BCUT2D eigenvalue weighted by Crippen LogP contribution is 2.40. The first kappa shape index (κ1) is 12.7. The van der Waals surface area contributed by atoms with E-state index in [9.17, 15) is 9.90 Å². The highest BCUT2D eigenvalue weighted by Gasteiger charge is 2.38. The predicted molar refractivity (Wildman–Crippen MR) is 73.9 cm³/mol. The van der Waals surface area contributed by atoms with Crippen molar-refractivity contribution in [1.82, 2.24) is 4.90 Å². The summed E-state index contributed by atoms with van der Waals surface area (Å²) in [5.74, 6) is 0.107. The summed E-state index contributed by atoms with van der Waals surface area (Å²) < 4.78 is 0. The van der Waals surface area contributed by atoms with Crippen LogP contribution in [0.5, 0.6) is 0 Å². The molecule has 2 fully saturated rings. The van der Waals surface area contributed by atoms with Crippen LogP contribution in [0.15, 0.2) is 30.3 Å². The zero-order chi connectivity index (χ0) is 13.2. The second kappa shape index (κ2) is 5.33. The third kappa shape index (κ3) is 3.35. The van der Waals surface area contributed by atoms with E-state index in [0.717, 1.165) is 18.0 Å². The number of aliphatic carboxylic acids is 1. The van der Waals surface area contributed by atoms with Crippen molar-refractivity contribution >= 4 is 5.97 Å². The molecule has 2 aliphatic rings. The summed E-state index contributed by atoms with van der Waals surface area (Å²) >= 11 is 0. The summed E-state index contributed by atoms with van der Waals surface area (Å²) in [4.78, 5) is 13.7. The van der Waals surface area contributed by atoms with Crippen LogP contribution in [0.2, 0.25) is 0 Å². The first-order valence-electron chi connectivity index (χ1n) is 7.26. The molecule has 2 saturated carbocycles. The summed E-state index contributed by atoms with van der Waals surface area (Å²) in [5.41, 5.74) is 1.15. The topological polar surface area (TPSA) is 40.5 Å². The van der Waals surface area contributed by atoms with E-state index >= 15 is 0 Å². The molecule has 3 heteroatoms. The van der Waals surface area contributed by atoms with E-state index < -0.39 is 5.97 Å². The van der Waals surface area contributed by atoms with Crippen LogP contribution in [0.4, 0.5) is 0 Å². The van der Waals surface area contributed by atoms with Crippen LogP contribution in [0.3, 0.4) is 0 Å². The third-order valence-electron chi connectivity index (χ3n) is 4.13. The molecule has 3 rings (SSSR count). The first-order valence-corrected chi connectivity index (χ1v) is 7.26. The maximum atomic E-state index is 11.2. The van der Waals surface area contributed by atoms with Gasteiger partial charge in [0, 0.05) is 18.6 Å². The number of nitrogens with zero attached hydrogens (tertiary/aromatic N) is 1. The molecule has 102 valence electrons. The zero-order valence-electron chi connectivity index (χ0n) is 11.2. The van der Waals surface area contributed by atoms with E-state index in [-0.39, 0.29) is 12.5 Å². The van der Waals surface area contributed by atoms with E-state index in [2.05, 4.69) is 17.0 Å². The Hall–Kier alpha value is -1.35. The van der Waals surface area contributed by atoms with Gasteiger partial charge in [0.15, 0.2) is 0 Å². The summed E-state index contributed by atoms with van der Waals surface area (Å²) in [6.07, 6.45) is 5.31. The lowest BCUT2D eigenvalue weighted by Gasteiger charge is -2.31. The van der Waals surface area contributed by atoms with Gasteiger partial charge in [0.2, 0.25) is 0 Å². The van der Waals surface area contributed by atoms with Crippen LogP contribution >= 0.6 is 0 Å². The smallest absolute Gasteiger partial charge is 0.305 e. The van der Waals surface area contributed by atoms with Gasteiger partial charge in [-0.1, -0.05) is 30.3 Å². The van der Waals surface area contributed by atoms with Crippen LogP contribution in [-0.4, -0.2) is 28.6 Å². The molecule has 2 aliphatic carbocycles. The molecule has 1 aromatic rings. The molecular formula is C16H21NO2. The van der Waals surface area contributed by atoms with Crippen molar-refractivity contribution in [2.45, 2.75) is 44.2 Å². The molecule has 0 saturated heterocycles. The number of rotatable bonds is 7. The van der Waals surface area contributed by atoms with Gasteiger partial charge < -0.3 is 5.11 Å². The SMILES string of the molecule is O=C(O)CC(c1ccccc1)N(CC1CC1)C1CC1. The fourth-order valence-corrected chi connectivity index (χ4v) is 2.80. The highest BCUT2D eigenvalue weighted by molar-refractivity contribution is 5.68. The highest BCUT2D eigenvalue weighted by atomic mass is 16.4. The fourth-order valence-electron chi connectivity index (χ4n) is 2.80. The van der Waals surface area contributed by atoms with Crippen molar-refractivity contribution in [3.8, 4) is 0 Å². The van der Waals surface area contributed by atoms with Crippen LogP contribution in [0, 0.1) is 5.92 Å². The third-order valence-corrected chi connectivity index (χ3v) is 4.13. The fraction of sp³-hybridized carbons (Fsp3) is 0.562. The first-order chi connectivity index (χ1) is 9.24. The molecule has 1 aromatic carbocycles. The van der Waals surface area contributed by atoms with E-state index in [1.807, 2.05) is 18.2 Å². The monoisotopic (exact) mass is 259 g/mol. The standard InChI is InChI=1S/C16H21NO2/c18-16(19)10-15(13-4-2-1-3-5-13)17(14-8-9-14)11-12-6-7-12/h1-5,12,14-15H,6-11H2,(H,18,19). The largest absolute Gasteiger partial charge is 0.481 e. The van der Waals surface area contributed by atoms with Crippen molar-refractivity contribution < 1.29 is 9.90 Å². The molecule has 1 N–H and O–H groups in total. The van der Waals surface area contributed by atoms with Gasteiger partial charge in [0.05, 0.1) is 6.42 Å². The lowest BCUT2D eigenvalue weighted by Crippen LogP contribution is -2.34. The Morgan fingerprint density at radius 3 is 2.42 bits per heavy atom. The van der Waals surface area contributed by atoms with Crippen molar-refractivity contribution in [3.05, 3.63) is 35.9 Å². The van der Waals surface area contributed by atoms with Crippen LogP contribution < -0.4 is 0 Å². The zero-order valence-corrected chi connectivity index (χ0v) is 11.2. The summed E-state index contributed by atoms with van der Waals surface area (Å²) in [6, 6.07) is 10.8. The number of carboxylic acids is 1. The molecule has 0 heterocycles. The van der Waals surface area contributed by atoms with Gasteiger partial charge in [-0.15, -0.1) is 0 Å². The Balaban J connectivity index is 1.80. The molecule has 3 nitrogen and oxygen atoms in total. The Morgan fingerprint density at radius 2 is 1.89 bits per heavy atom. The van der Waals surface area contributed by atoms with E-state index in [4.69, 9.17) is 0 Å². The summed E-state index contributed by atoms with van der Waals surface area (Å²) in [5, 5.41) is 9.22. The normalized spacial score (nSPS) is 20.5. The quantitative estimate of drug-likeness (QED) is 0.818. The van der Waals surface area contributed by atoms with Gasteiger partial charge in [0.1, 0.15) is 0 Å². The van der Waals surface area contributed by atoms with Gasteiger partial charge >= 0.3 is 5.97 Å². The summed E-state index contributed by atoms with van der Waals surface area (Å²) in [7, 11) is 0. The molecular weight excluding hydrogens is 238 g/mol. The summed E-state index contributed by atoms with van der Waals surface area (Å²) in [6.45, 7) is 1.08. The number of hydrogen-bond donors (Lipinski definition) is 1. The Labute approximate surface area is 114 Å². The van der Waals surface area contributed by atoms with Crippen LogP contribution in [-0.2, 0) is 4.79 Å². The molecule has 0 spiro atoms. The number of benzene rings is 1. The molecule has 1 unspecified atom stereocenters. The maximum Gasteiger partial charge on any atom is 0.305 e. The second-order valence-electron chi connectivity index (χ2n) is 5.90. The molecule has 0 amide bonds. The van der Waals surface area contributed by atoms with Gasteiger partial charge in [-0.05, 0) is 37.2 Å². The number of carbonyl (C=O) groups is 1. The second-order valence-corrected chi connectivity index (χ2v) is 5.90.